The van der Waals surface area contributed by atoms with Crippen molar-refractivity contribution in [1.29, 1.82) is 0 Å². The lowest BCUT2D eigenvalue weighted by atomic mass is 9.88. The van der Waals surface area contributed by atoms with Crippen LogP contribution in [0.1, 0.15) is 42.5 Å². The van der Waals surface area contributed by atoms with Crippen molar-refractivity contribution in [3.05, 3.63) is 59.1 Å². The molecule has 2 aromatic carbocycles. The van der Waals surface area contributed by atoms with Crippen molar-refractivity contribution in [2.45, 2.75) is 32.1 Å². The van der Waals surface area contributed by atoms with Crippen LogP contribution in [0.5, 0.6) is 5.75 Å². The summed E-state index contributed by atoms with van der Waals surface area (Å²) in [6, 6.07) is 13.1. The standard InChI is InChI=1S/C23H25ClN4O4S/c24-17-8-12-19(13-9-17)32-14-20(29)26-23(33)28-27-22(31)16-6-10-18(11-7-16)25-21(30)15-4-2-1-3-5-15/h6-13,15H,1-5,14H2,(H,25,30)(H,27,31)(H2,26,28,29,33). The van der Waals surface area contributed by atoms with Gasteiger partial charge in [-0.1, -0.05) is 30.9 Å². The molecule has 1 aliphatic rings. The second-order valence-corrected chi connectivity index (χ2v) is 8.45. The van der Waals surface area contributed by atoms with Gasteiger partial charge in [-0.25, -0.2) is 0 Å². The van der Waals surface area contributed by atoms with E-state index in [2.05, 4.69) is 21.5 Å². The molecule has 0 aromatic heterocycles. The predicted molar refractivity (Wildman–Crippen MR) is 130 cm³/mol. The van der Waals surface area contributed by atoms with Crippen LogP contribution >= 0.6 is 23.8 Å². The molecule has 0 bridgehead atoms. The van der Waals surface area contributed by atoms with Gasteiger partial charge in [0.2, 0.25) is 5.91 Å². The molecule has 3 rings (SSSR count). The summed E-state index contributed by atoms with van der Waals surface area (Å²) in [6.07, 6.45) is 5.19. The third kappa shape index (κ3) is 8.03. The van der Waals surface area contributed by atoms with Gasteiger partial charge in [0.05, 0.1) is 0 Å². The maximum absolute atomic E-state index is 12.3. The largest absolute Gasteiger partial charge is 0.484 e. The summed E-state index contributed by atoms with van der Waals surface area (Å²) in [6.45, 7) is -0.258. The molecule has 0 unspecified atom stereocenters. The van der Waals surface area contributed by atoms with Crippen LogP contribution in [0.15, 0.2) is 48.5 Å². The summed E-state index contributed by atoms with van der Waals surface area (Å²) in [5.41, 5.74) is 5.87. The van der Waals surface area contributed by atoms with E-state index in [0.29, 0.717) is 22.0 Å². The molecule has 2 aromatic rings. The van der Waals surface area contributed by atoms with Crippen LogP contribution in [-0.2, 0) is 9.59 Å². The Kier molecular flexibility index (Phi) is 9.03. The number of hydrogen-bond donors (Lipinski definition) is 4. The van der Waals surface area contributed by atoms with Gasteiger partial charge in [0.15, 0.2) is 11.7 Å². The number of thiocarbonyl (C=S) groups is 1. The van der Waals surface area contributed by atoms with Gasteiger partial charge < -0.3 is 10.1 Å². The van der Waals surface area contributed by atoms with Crippen LogP contribution in [0.3, 0.4) is 0 Å². The van der Waals surface area contributed by atoms with Crippen molar-refractivity contribution in [3.8, 4) is 5.75 Å². The smallest absolute Gasteiger partial charge is 0.269 e. The Labute approximate surface area is 202 Å². The van der Waals surface area contributed by atoms with Crippen LogP contribution in [0.4, 0.5) is 5.69 Å². The summed E-state index contributed by atoms with van der Waals surface area (Å²) < 4.78 is 5.32. The Balaban J connectivity index is 1.38. The molecule has 0 saturated heterocycles. The van der Waals surface area contributed by atoms with E-state index in [9.17, 15) is 14.4 Å². The van der Waals surface area contributed by atoms with E-state index in [1.807, 2.05) is 0 Å². The molecule has 1 aliphatic carbocycles. The van der Waals surface area contributed by atoms with E-state index in [-0.39, 0.29) is 23.5 Å². The van der Waals surface area contributed by atoms with E-state index in [1.54, 1.807) is 48.5 Å². The fourth-order valence-electron chi connectivity index (χ4n) is 3.37. The number of ether oxygens (including phenoxy) is 1. The molecule has 0 heterocycles. The van der Waals surface area contributed by atoms with Crippen molar-refractivity contribution in [2.75, 3.05) is 11.9 Å². The van der Waals surface area contributed by atoms with Crippen molar-refractivity contribution in [2.24, 2.45) is 5.92 Å². The number of carbonyl (C=O) groups is 3. The summed E-state index contributed by atoms with van der Waals surface area (Å²) in [5, 5.41) is 5.78. The Bertz CT molecular complexity index is 993. The normalized spacial score (nSPS) is 13.5. The van der Waals surface area contributed by atoms with Gasteiger partial charge in [0, 0.05) is 22.2 Å². The minimum atomic E-state index is -0.491. The number of benzene rings is 2. The second-order valence-electron chi connectivity index (χ2n) is 7.60. The average Bonchev–Trinajstić information content (AvgIpc) is 2.83. The highest BCUT2D eigenvalue weighted by molar-refractivity contribution is 7.80. The topological polar surface area (TPSA) is 109 Å². The molecule has 174 valence electrons. The zero-order chi connectivity index (χ0) is 23.6. The monoisotopic (exact) mass is 488 g/mol. The Morgan fingerprint density at radius 3 is 2.27 bits per heavy atom. The molecule has 0 atom stereocenters. The van der Waals surface area contributed by atoms with Crippen molar-refractivity contribution in [1.82, 2.24) is 16.2 Å². The Morgan fingerprint density at radius 2 is 1.61 bits per heavy atom. The molecule has 1 saturated carbocycles. The molecule has 0 radical (unpaired) electrons. The maximum Gasteiger partial charge on any atom is 0.269 e. The lowest BCUT2D eigenvalue weighted by molar-refractivity contribution is -0.122. The molecule has 3 amide bonds. The maximum atomic E-state index is 12.3. The number of amides is 3. The predicted octanol–water partition coefficient (Wildman–Crippen LogP) is 3.57. The molecule has 0 aliphatic heterocycles. The molecule has 33 heavy (non-hydrogen) atoms. The molecular formula is C23H25ClN4O4S. The third-order valence-electron chi connectivity index (χ3n) is 5.12. The van der Waals surface area contributed by atoms with E-state index < -0.39 is 11.8 Å². The van der Waals surface area contributed by atoms with Gasteiger partial charge in [0.25, 0.3) is 11.8 Å². The lowest BCUT2D eigenvalue weighted by Gasteiger charge is -2.20. The zero-order valence-corrected chi connectivity index (χ0v) is 19.4. The second kappa shape index (κ2) is 12.2. The summed E-state index contributed by atoms with van der Waals surface area (Å²) in [4.78, 5) is 36.5. The summed E-state index contributed by atoms with van der Waals surface area (Å²) in [7, 11) is 0. The minimum Gasteiger partial charge on any atom is -0.484 e. The number of carbonyl (C=O) groups excluding carboxylic acids is 3. The van der Waals surface area contributed by atoms with Crippen molar-refractivity contribution in [3.63, 3.8) is 0 Å². The van der Waals surface area contributed by atoms with E-state index in [1.165, 1.54) is 6.42 Å². The molecule has 10 heteroatoms. The fourth-order valence-corrected chi connectivity index (χ4v) is 3.66. The van der Waals surface area contributed by atoms with Gasteiger partial charge >= 0.3 is 0 Å². The van der Waals surface area contributed by atoms with Gasteiger partial charge in [-0.2, -0.15) is 0 Å². The van der Waals surface area contributed by atoms with Gasteiger partial charge in [-0.15, -0.1) is 0 Å². The SMILES string of the molecule is O=C(COc1ccc(Cl)cc1)NC(=S)NNC(=O)c1ccc(NC(=O)C2CCCCC2)cc1. The molecule has 0 spiro atoms. The number of anilines is 1. The number of hydrazine groups is 1. The summed E-state index contributed by atoms with van der Waals surface area (Å²) in [5.74, 6) is -0.377. The van der Waals surface area contributed by atoms with Crippen LogP contribution < -0.4 is 26.2 Å². The average molecular weight is 489 g/mol. The van der Waals surface area contributed by atoms with E-state index in [4.69, 9.17) is 28.6 Å². The first-order valence-electron chi connectivity index (χ1n) is 10.6. The lowest BCUT2D eigenvalue weighted by Crippen LogP contribution is -2.49. The van der Waals surface area contributed by atoms with Crippen molar-refractivity contribution >= 4 is 52.3 Å². The first kappa shape index (κ1) is 24.5. The molecule has 1 fully saturated rings. The van der Waals surface area contributed by atoms with Gasteiger partial charge in [-0.05, 0) is 73.6 Å². The molecule has 4 N–H and O–H groups in total. The van der Waals surface area contributed by atoms with Crippen LogP contribution in [0, 0.1) is 5.92 Å². The van der Waals surface area contributed by atoms with Crippen LogP contribution in [0.2, 0.25) is 5.02 Å². The fraction of sp³-hybridized carbons (Fsp3) is 0.304. The van der Waals surface area contributed by atoms with Crippen LogP contribution in [0.25, 0.3) is 0 Å². The van der Waals surface area contributed by atoms with Crippen molar-refractivity contribution < 1.29 is 19.1 Å². The third-order valence-corrected chi connectivity index (χ3v) is 5.57. The van der Waals surface area contributed by atoms with Gasteiger partial charge in [0.1, 0.15) is 5.75 Å². The van der Waals surface area contributed by atoms with Gasteiger partial charge in [-0.3, -0.25) is 30.6 Å². The van der Waals surface area contributed by atoms with E-state index in [0.717, 1.165) is 25.7 Å². The summed E-state index contributed by atoms with van der Waals surface area (Å²) >= 11 is 10.8. The minimum absolute atomic E-state index is 0.0229. The Hall–Kier alpha value is -3.17. The highest BCUT2D eigenvalue weighted by atomic mass is 35.5. The zero-order valence-electron chi connectivity index (χ0n) is 17.9. The van der Waals surface area contributed by atoms with E-state index >= 15 is 0 Å². The first-order valence-corrected chi connectivity index (χ1v) is 11.4. The number of nitrogens with one attached hydrogen (secondary N) is 4. The Morgan fingerprint density at radius 1 is 0.939 bits per heavy atom. The highest BCUT2D eigenvalue weighted by Crippen LogP contribution is 2.25. The number of halogens is 1. The number of hydrogen-bond acceptors (Lipinski definition) is 5. The highest BCUT2D eigenvalue weighted by Gasteiger charge is 2.21. The van der Waals surface area contributed by atoms with Crippen LogP contribution in [-0.4, -0.2) is 29.4 Å². The number of rotatable bonds is 6. The quantitative estimate of drug-likeness (QED) is 0.365. The first-order chi connectivity index (χ1) is 15.9. The molecular weight excluding hydrogens is 464 g/mol. The molecule has 8 nitrogen and oxygen atoms in total.